The number of rotatable bonds is 3. The summed E-state index contributed by atoms with van der Waals surface area (Å²) in [5, 5.41) is 14.4. The van der Waals surface area contributed by atoms with Gasteiger partial charge in [0.15, 0.2) is 0 Å². The lowest BCUT2D eigenvalue weighted by Gasteiger charge is -2.32. The molecule has 0 saturated heterocycles. The summed E-state index contributed by atoms with van der Waals surface area (Å²) < 4.78 is 40.9. The highest BCUT2D eigenvalue weighted by Crippen LogP contribution is 2.42. The average molecular weight is 376 g/mol. The van der Waals surface area contributed by atoms with Gasteiger partial charge in [0.2, 0.25) is 0 Å². The molecule has 3 rings (SSSR count). The molecule has 2 aromatic rings. The van der Waals surface area contributed by atoms with Crippen molar-refractivity contribution in [3.8, 4) is 0 Å². The molecule has 7 heteroatoms. The Balaban J connectivity index is 2.03. The third kappa shape index (κ3) is 3.47. The van der Waals surface area contributed by atoms with Crippen LogP contribution in [-0.2, 0) is 6.42 Å². The van der Waals surface area contributed by atoms with Gasteiger partial charge >= 0.3 is 6.18 Å². The van der Waals surface area contributed by atoms with Gasteiger partial charge in [-0.25, -0.2) is 0 Å². The molecule has 1 aliphatic rings. The fourth-order valence-corrected chi connectivity index (χ4v) is 2.97. The molecule has 0 bridgehead atoms. The molecule has 0 radical (unpaired) electrons. The number of carbonyl (C=O) groups excluding carboxylic acids is 1. The first kappa shape index (κ1) is 19.1. The summed E-state index contributed by atoms with van der Waals surface area (Å²) >= 11 is 0. The van der Waals surface area contributed by atoms with Gasteiger partial charge < -0.3 is 5.11 Å². The maximum absolute atomic E-state index is 13.6. The van der Waals surface area contributed by atoms with Crippen LogP contribution in [0.1, 0.15) is 40.4 Å². The van der Waals surface area contributed by atoms with Gasteiger partial charge in [0.05, 0.1) is 12.1 Å². The zero-order chi connectivity index (χ0) is 19.8. The van der Waals surface area contributed by atoms with Gasteiger partial charge in [-0.1, -0.05) is 48.9 Å². The number of alkyl halides is 3. The van der Waals surface area contributed by atoms with E-state index in [-0.39, 0.29) is 16.3 Å². The Hall–Kier alpha value is -2.67. The Morgan fingerprint density at radius 3 is 2.44 bits per heavy atom. The molecule has 2 aromatic carbocycles. The first-order valence-corrected chi connectivity index (χ1v) is 8.53. The van der Waals surface area contributed by atoms with Gasteiger partial charge in [-0.05, 0) is 36.6 Å². The fourth-order valence-electron chi connectivity index (χ4n) is 2.97. The molecule has 1 atom stereocenters. The number of halogens is 3. The van der Waals surface area contributed by atoms with E-state index in [2.05, 4.69) is 5.10 Å². The minimum Gasteiger partial charge on any atom is -0.362 e. The van der Waals surface area contributed by atoms with E-state index in [0.29, 0.717) is 5.56 Å². The van der Waals surface area contributed by atoms with E-state index in [4.69, 9.17) is 0 Å². The quantitative estimate of drug-likeness (QED) is 0.878. The molecule has 0 aromatic heterocycles. The second kappa shape index (κ2) is 6.81. The first-order chi connectivity index (χ1) is 12.7. The van der Waals surface area contributed by atoms with Crippen molar-refractivity contribution >= 4 is 11.6 Å². The Morgan fingerprint density at radius 1 is 1.22 bits per heavy atom. The number of hydrogen-bond donors (Lipinski definition) is 1. The highest BCUT2D eigenvalue weighted by atomic mass is 19.4. The number of aliphatic hydroxyl groups is 1. The number of hydrazone groups is 1. The molecule has 1 aliphatic heterocycles. The molecule has 142 valence electrons. The Kier molecular flexibility index (Phi) is 4.82. The van der Waals surface area contributed by atoms with Crippen molar-refractivity contribution in [1.82, 2.24) is 5.01 Å². The maximum Gasteiger partial charge on any atom is 0.438 e. The van der Waals surface area contributed by atoms with Crippen LogP contribution in [0.15, 0.2) is 53.6 Å². The third-order valence-electron chi connectivity index (χ3n) is 4.59. The van der Waals surface area contributed by atoms with E-state index in [1.807, 2.05) is 6.92 Å². The van der Waals surface area contributed by atoms with Crippen molar-refractivity contribution in [2.45, 2.75) is 38.6 Å². The molecule has 0 aliphatic carbocycles. The minimum absolute atomic E-state index is 0.0125. The summed E-state index contributed by atoms with van der Waals surface area (Å²) in [6, 6.07) is 13.0. The highest BCUT2D eigenvalue weighted by Gasteiger charge is 2.63. The predicted octanol–water partition coefficient (Wildman–Crippen LogP) is 4.06. The third-order valence-corrected chi connectivity index (χ3v) is 4.59. The van der Waals surface area contributed by atoms with Gasteiger partial charge in [0.25, 0.3) is 11.6 Å². The van der Waals surface area contributed by atoms with Crippen molar-refractivity contribution in [2.24, 2.45) is 5.10 Å². The van der Waals surface area contributed by atoms with Crippen LogP contribution >= 0.6 is 0 Å². The number of hydrogen-bond acceptors (Lipinski definition) is 3. The number of aryl methyl sites for hydroxylation is 2. The molecular formula is C20H19F3N2O2. The van der Waals surface area contributed by atoms with Crippen molar-refractivity contribution in [3.63, 3.8) is 0 Å². The predicted molar refractivity (Wildman–Crippen MR) is 95.3 cm³/mol. The lowest BCUT2D eigenvalue weighted by Crippen LogP contribution is -2.56. The van der Waals surface area contributed by atoms with E-state index in [1.54, 1.807) is 43.3 Å². The molecule has 1 N–H and O–H groups in total. The summed E-state index contributed by atoms with van der Waals surface area (Å²) in [5.41, 5.74) is -1.16. The SMILES string of the molecule is CCc1ccc(C2=NN(C(=O)c3cccc(C)c3)[C@@](O)(C(F)(F)F)C2)cc1. The lowest BCUT2D eigenvalue weighted by molar-refractivity contribution is -0.297. The smallest absolute Gasteiger partial charge is 0.362 e. The zero-order valence-electron chi connectivity index (χ0n) is 14.9. The Bertz CT molecular complexity index is 891. The molecule has 1 heterocycles. The van der Waals surface area contributed by atoms with Crippen molar-refractivity contribution in [3.05, 3.63) is 70.8 Å². The molecule has 1 amide bonds. The molecule has 0 unspecified atom stereocenters. The van der Waals surface area contributed by atoms with Crippen LogP contribution in [0, 0.1) is 6.92 Å². The Labute approximate surface area is 154 Å². The second-order valence-corrected chi connectivity index (χ2v) is 6.57. The minimum atomic E-state index is -5.05. The number of amides is 1. The zero-order valence-corrected chi connectivity index (χ0v) is 14.9. The van der Waals surface area contributed by atoms with Crippen LogP contribution in [-0.4, -0.2) is 33.6 Å². The van der Waals surface area contributed by atoms with Crippen LogP contribution in [0.5, 0.6) is 0 Å². The molecular weight excluding hydrogens is 357 g/mol. The normalized spacial score (nSPS) is 19.9. The van der Waals surface area contributed by atoms with Gasteiger partial charge in [0.1, 0.15) is 0 Å². The van der Waals surface area contributed by atoms with E-state index in [9.17, 15) is 23.1 Å². The van der Waals surface area contributed by atoms with Crippen LogP contribution in [0.25, 0.3) is 0 Å². The van der Waals surface area contributed by atoms with E-state index in [1.165, 1.54) is 12.1 Å². The van der Waals surface area contributed by atoms with Crippen LogP contribution in [0.4, 0.5) is 13.2 Å². The molecule has 0 saturated carbocycles. The van der Waals surface area contributed by atoms with Crippen LogP contribution < -0.4 is 0 Å². The van der Waals surface area contributed by atoms with Gasteiger partial charge in [0, 0.05) is 5.56 Å². The van der Waals surface area contributed by atoms with Gasteiger partial charge in [-0.15, -0.1) is 0 Å². The van der Waals surface area contributed by atoms with Crippen molar-refractivity contribution in [2.75, 3.05) is 0 Å². The van der Waals surface area contributed by atoms with Crippen LogP contribution in [0.2, 0.25) is 0 Å². The summed E-state index contributed by atoms with van der Waals surface area (Å²) in [7, 11) is 0. The van der Waals surface area contributed by atoms with Crippen molar-refractivity contribution < 1.29 is 23.1 Å². The van der Waals surface area contributed by atoms with E-state index >= 15 is 0 Å². The maximum atomic E-state index is 13.6. The first-order valence-electron chi connectivity index (χ1n) is 8.53. The van der Waals surface area contributed by atoms with Gasteiger partial charge in [-0.2, -0.15) is 23.3 Å². The Morgan fingerprint density at radius 2 is 1.89 bits per heavy atom. The lowest BCUT2D eigenvalue weighted by atomic mass is 9.99. The molecule has 0 fully saturated rings. The largest absolute Gasteiger partial charge is 0.438 e. The number of carbonyl (C=O) groups is 1. The molecule has 27 heavy (non-hydrogen) atoms. The summed E-state index contributed by atoms with van der Waals surface area (Å²) in [5.74, 6) is -1.00. The standard InChI is InChI=1S/C20H19F3N2O2/c1-3-14-7-9-15(10-8-14)17-12-19(27,20(21,22)23)25(24-17)18(26)16-6-4-5-13(2)11-16/h4-11,27H,3,12H2,1-2H3/t19-/m0/s1. The number of nitrogens with zero attached hydrogens (tertiary/aromatic N) is 2. The summed E-state index contributed by atoms with van der Waals surface area (Å²) in [4.78, 5) is 12.7. The van der Waals surface area contributed by atoms with Crippen molar-refractivity contribution in [1.29, 1.82) is 0 Å². The fraction of sp³-hybridized carbons (Fsp3) is 0.300. The summed E-state index contributed by atoms with van der Waals surface area (Å²) in [6.07, 6.45) is -5.09. The highest BCUT2D eigenvalue weighted by molar-refractivity contribution is 6.05. The topological polar surface area (TPSA) is 52.9 Å². The number of benzene rings is 2. The van der Waals surface area contributed by atoms with Gasteiger partial charge in [-0.3, -0.25) is 4.79 Å². The summed E-state index contributed by atoms with van der Waals surface area (Å²) in [6.45, 7) is 3.69. The average Bonchev–Trinajstić information content (AvgIpc) is 3.00. The van der Waals surface area contributed by atoms with E-state index in [0.717, 1.165) is 17.5 Å². The molecule has 0 spiro atoms. The van der Waals surface area contributed by atoms with E-state index < -0.39 is 24.2 Å². The van der Waals surface area contributed by atoms with Crippen LogP contribution in [0.3, 0.4) is 0 Å². The second-order valence-electron chi connectivity index (χ2n) is 6.57. The monoisotopic (exact) mass is 376 g/mol. The molecule has 4 nitrogen and oxygen atoms in total.